The van der Waals surface area contributed by atoms with Gasteiger partial charge in [0.2, 0.25) is 5.91 Å². The second kappa shape index (κ2) is 9.99. The van der Waals surface area contributed by atoms with Crippen LogP contribution >= 0.6 is 35.0 Å². The molecular formula is C21H22Cl2FN5OS. The molecule has 1 N–H and O–H groups in total. The highest BCUT2D eigenvalue weighted by molar-refractivity contribution is 8.00. The molecule has 2 unspecified atom stereocenters. The van der Waals surface area contributed by atoms with Crippen molar-refractivity contribution in [3.8, 4) is 5.69 Å². The summed E-state index contributed by atoms with van der Waals surface area (Å²) < 4.78 is 15.9. The number of nitrogens with one attached hydrogen (secondary N) is 1. The van der Waals surface area contributed by atoms with Crippen LogP contribution in [0.2, 0.25) is 10.0 Å². The number of aromatic nitrogens is 3. The summed E-state index contributed by atoms with van der Waals surface area (Å²) in [7, 11) is 3.91. The average Bonchev–Trinajstić information content (AvgIpc) is 3.13. The summed E-state index contributed by atoms with van der Waals surface area (Å²) in [5, 5.41) is 12.1. The van der Waals surface area contributed by atoms with Crippen molar-refractivity contribution in [2.24, 2.45) is 0 Å². The second-order valence-corrected chi connectivity index (χ2v) is 9.35. The molecule has 0 aliphatic heterocycles. The zero-order valence-electron chi connectivity index (χ0n) is 17.4. The molecule has 10 heteroatoms. The average molecular weight is 482 g/mol. The van der Waals surface area contributed by atoms with Crippen molar-refractivity contribution < 1.29 is 9.18 Å². The van der Waals surface area contributed by atoms with Crippen molar-refractivity contribution >= 4 is 46.6 Å². The number of nitrogens with zero attached hydrogens (tertiary/aromatic N) is 4. The lowest BCUT2D eigenvalue weighted by Crippen LogP contribution is -2.24. The van der Waals surface area contributed by atoms with E-state index in [2.05, 4.69) is 15.5 Å². The van der Waals surface area contributed by atoms with Gasteiger partial charge in [-0.2, -0.15) is 0 Å². The van der Waals surface area contributed by atoms with Crippen LogP contribution < -0.4 is 5.32 Å². The monoisotopic (exact) mass is 481 g/mol. The van der Waals surface area contributed by atoms with Crippen LogP contribution in [0.4, 0.5) is 10.1 Å². The van der Waals surface area contributed by atoms with Crippen molar-refractivity contribution in [2.45, 2.75) is 30.3 Å². The molecule has 0 saturated carbocycles. The van der Waals surface area contributed by atoms with Gasteiger partial charge >= 0.3 is 0 Å². The molecule has 3 aromatic rings. The first-order valence-corrected chi connectivity index (χ1v) is 11.1. The van der Waals surface area contributed by atoms with Crippen molar-refractivity contribution in [1.29, 1.82) is 0 Å². The lowest BCUT2D eigenvalue weighted by atomic mass is 10.2. The van der Waals surface area contributed by atoms with E-state index in [1.54, 1.807) is 19.1 Å². The van der Waals surface area contributed by atoms with E-state index in [0.717, 1.165) is 17.6 Å². The first-order valence-electron chi connectivity index (χ1n) is 9.47. The van der Waals surface area contributed by atoms with E-state index >= 15 is 0 Å². The van der Waals surface area contributed by atoms with Crippen molar-refractivity contribution in [3.05, 3.63) is 64.2 Å². The number of amides is 1. The summed E-state index contributed by atoms with van der Waals surface area (Å²) in [4.78, 5) is 14.7. The number of anilines is 1. The molecule has 0 radical (unpaired) electrons. The van der Waals surface area contributed by atoms with Crippen molar-refractivity contribution in [1.82, 2.24) is 19.7 Å². The fraction of sp³-hybridized carbons (Fsp3) is 0.286. The largest absolute Gasteiger partial charge is 0.323 e. The predicted molar refractivity (Wildman–Crippen MR) is 124 cm³/mol. The molecule has 1 aromatic heterocycles. The number of rotatable bonds is 7. The van der Waals surface area contributed by atoms with Gasteiger partial charge < -0.3 is 5.32 Å². The molecule has 0 aliphatic carbocycles. The van der Waals surface area contributed by atoms with Crippen LogP contribution in [0.3, 0.4) is 0 Å². The van der Waals surface area contributed by atoms with Gasteiger partial charge in [0.25, 0.3) is 0 Å². The highest BCUT2D eigenvalue weighted by Crippen LogP contribution is 2.30. The Hall–Kier alpha value is -2.13. The van der Waals surface area contributed by atoms with E-state index in [1.165, 1.54) is 23.9 Å². The Kier molecular flexibility index (Phi) is 7.59. The Morgan fingerprint density at radius 1 is 1.10 bits per heavy atom. The summed E-state index contributed by atoms with van der Waals surface area (Å²) in [6.45, 7) is 3.74. The minimum Gasteiger partial charge on any atom is -0.323 e. The third-order valence-corrected chi connectivity index (χ3v) is 6.26. The topological polar surface area (TPSA) is 63.1 Å². The summed E-state index contributed by atoms with van der Waals surface area (Å²) in [6.07, 6.45) is 0. The van der Waals surface area contributed by atoms with E-state index in [0.29, 0.717) is 10.2 Å². The normalized spacial score (nSPS) is 13.3. The molecule has 164 valence electrons. The number of carbonyl (C=O) groups excluding carboxylic acids is 1. The minimum absolute atomic E-state index is 0.0233. The standard InChI is InChI=1S/C21H22Cl2FN5OS/c1-12(28(3)4)19-26-27-21(29(19)16-8-5-14(22)6-9-16)31-13(2)20(30)25-18-10-7-15(23)11-17(18)24/h5-13H,1-4H3,(H,25,30). The third-order valence-electron chi connectivity index (χ3n) is 4.73. The van der Waals surface area contributed by atoms with E-state index in [1.807, 2.05) is 42.6 Å². The molecule has 2 atom stereocenters. The Balaban J connectivity index is 1.87. The number of hydrogen-bond acceptors (Lipinski definition) is 5. The Labute approximate surface area is 194 Å². The Morgan fingerprint density at radius 3 is 2.35 bits per heavy atom. The molecular weight excluding hydrogens is 460 g/mol. The van der Waals surface area contributed by atoms with E-state index < -0.39 is 11.1 Å². The molecule has 31 heavy (non-hydrogen) atoms. The van der Waals surface area contributed by atoms with Gasteiger partial charge in [-0.15, -0.1) is 10.2 Å². The third kappa shape index (κ3) is 5.57. The van der Waals surface area contributed by atoms with Gasteiger partial charge in [-0.3, -0.25) is 14.3 Å². The second-order valence-electron chi connectivity index (χ2n) is 7.17. The van der Waals surface area contributed by atoms with E-state index in [9.17, 15) is 9.18 Å². The minimum atomic E-state index is -0.593. The molecule has 0 bridgehead atoms. The fourth-order valence-electron chi connectivity index (χ4n) is 2.73. The van der Waals surface area contributed by atoms with E-state index in [-0.39, 0.29) is 22.7 Å². The van der Waals surface area contributed by atoms with Crippen LogP contribution in [0.5, 0.6) is 0 Å². The summed E-state index contributed by atoms with van der Waals surface area (Å²) in [6, 6.07) is 11.4. The first-order chi connectivity index (χ1) is 14.7. The summed E-state index contributed by atoms with van der Waals surface area (Å²) >= 11 is 13.1. The number of thioether (sulfide) groups is 1. The highest BCUT2D eigenvalue weighted by Gasteiger charge is 2.24. The fourth-order valence-corrected chi connectivity index (χ4v) is 3.89. The molecule has 3 rings (SSSR count). The summed E-state index contributed by atoms with van der Waals surface area (Å²) in [5.74, 6) is -0.227. The Bertz CT molecular complexity index is 1070. The van der Waals surface area contributed by atoms with Gasteiger partial charge in [-0.05, 0) is 70.4 Å². The van der Waals surface area contributed by atoms with Crippen LogP contribution in [0.25, 0.3) is 5.69 Å². The van der Waals surface area contributed by atoms with Gasteiger partial charge in [0.05, 0.1) is 17.0 Å². The van der Waals surface area contributed by atoms with Crippen LogP contribution in [-0.4, -0.2) is 44.9 Å². The van der Waals surface area contributed by atoms with Crippen LogP contribution in [-0.2, 0) is 4.79 Å². The maximum absolute atomic E-state index is 14.0. The van der Waals surface area contributed by atoms with Crippen LogP contribution in [0, 0.1) is 5.82 Å². The first kappa shape index (κ1) is 23.5. The van der Waals surface area contributed by atoms with Gasteiger partial charge in [0, 0.05) is 15.7 Å². The Morgan fingerprint density at radius 2 is 1.74 bits per heavy atom. The number of hydrogen-bond donors (Lipinski definition) is 1. The van der Waals surface area contributed by atoms with Gasteiger partial charge in [0.15, 0.2) is 11.0 Å². The lowest BCUT2D eigenvalue weighted by Gasteiger charge is -2.21. The van der Waals surface area contributed by atoms with Crippen LogP contribution in [0.15, 0.2) is 47.6 Å². The zero-order valence-corrected chi connectivity index (χ0v) is 19.8. The number of halogens is 3. The molecule has 2 aromatic carbocycles. The maximum atomic E-state index is 14.0. The van der Waals surface area contributed by atoms with Crippen molar-refractivity contribution in [3.63, 3.8) is 0 Å². The zero-order chi connectivity index (χ0) is 22.7. The van der Waals surface area contributed by atoms with Gasteiger partial charge in [0.1, 0.15) is 5.82 Å². The molecule has 0 aliphatic rings. The summed E-state index contributed by atoms with van der Waals surface area (Å²) in [5.41, 5.74) is 0.903. The quantitative estimate of drug-likeness (QED) is 0.454. The predicted octanol–water partition coefficient (Wildman–Crippen LogP) is 5.46. The van der Waals surface area contributed by atoms with E-state index in [4.69, 9.17) is 23.2 Å². The molecule has 6 nitrogen and oxygen atoms in total. The lowest BCUT2D eigenvalue weighted by molar-refractivity contribution is -0.115. The highest BCUT2D eigenvalue weighted by atomic mass is 35.5. The maximum Gasteiger partial charge on any atom is 0.237 e. The molecule has 0 spiro atoms. The molecule has 1 amide bonds. The molecule has 0 fully saturated rings. The molecule has 0 saturated heterocycles. The van der Waals surface area contributed by atoms with Gasteiger partial charge in [-0.25, -0.2) is 4.39 Å². The number of carbonyl (C=O) groups is 1. The smallest absolute Gasteiger partial charge is 0.237 e. The van der Waals surface area contributed by atoms with Crippen LogP contribution in [0.1, 0.15) is 25.7 Å². The SMILES string of the molecule is CC(Sc1nnc(C(C)N(C)C)n1-c1ccc(Cl)cc1)C(=O)Nc1ccc(Cl)cc1F. The molecule has 1 heterocycles. The van der Waals surface area contributed by atoms with Gasteiger partial charge in [-0.1, -0.05) is 35.0 Å². The number of benzene rings is 2. The van der Waals surface area contributed by atoms with Crippen molar-refractivity contribution in [2.75, 3.05) is 19.4 Å².